The summed E-state index contributed by atoms with van der Waals surface area (Å²) in [6, 6.07) is 7.25. The molecule has 1 amide bonds. The Bertz CT molecular complexity index is 677. The van der Waals surface area contributed by atoms with Gasteiger partial charge in [0.25, 0.3) is 5.91 Å². The minimum Gasteiger partial charge on any atom is -0.497 e. The fraction of sp³-hybridized carbons (Fsp3) is 0.412. The van der Waals surface area contributed by atoms with Crippen LogP contribution in [0.5, 0.6) is 5.75 Å². The fourth-order valence-electron chi connectivity index (χ4n) is 2.72. The molecule has 128 valence electrons. The van der Waals surface area contributed by atoms with Gasteiger partial charge in [-0.25, -0.2) is 4.98 Å². The highest BCUT2D eigenvalue weighted by Crippen LogP contribution is 2.23. The molecule has 0 unspecified atom stereocenters. The summed E-state index contributed by atoms with van der Waals surface area (Å²) in [5.74, 6) is 1.38. The number of morpholine rings is 1. The normalized spacial score (nSPS) is 18.8. The van der Waals surface area contributed by atoms with E-state index in [0.717, 1.165) is 23.7 Å². The Morgan fingerprint density at radius 3 is 2.83 bits per heavy atom. The molecular weight excluding hydrogens is 308 g/mol. The molecule has 1 aromatic carbocycles. The number of imidazole rings is 1. The number of methoxy groups -OCH3 is 1. The second-order valence-corrected chi connectivity index (χ2v) is 5.67. The summed E-state index contributed by atoms with van der Waals surface area (Å²) in [5, 5.41) is 6.22. The summed E-state index contributed by atoms with van der Waals surface area (Å²) in [4.78, 5) is 17.0. The predicted octanol–water partition coefficient (Wildman–Crippen LogP) is 0.623. The van der Waals surface area contributed by atoms with Gasteiger partial charge in [-0.1, -0.05) is 12.1 Å². The molecule has 1 aromatic heterocycles. The van der Waals surface area contributed by atoms with Crippen molar-refractivity contribution in [1.29, 1.82) is 0 Å². The molecule has 0 saturated carbocycles. The number of hydrogen-bond donors (Lipinski definition) is 2. The molecule has 2 aromatic rings. The predicted molar refractivity (Wildman–Crippen MR) is 88.8 cm³/mol. The van der Waals surface area contributed by atoms with E-state index in [0.29, 0.717) is 13.2 Å². The van der Waals surface area contributed by atoms with E-state index in [-0.39, 0.29) is 11.9 Å². The van der Waals surface area contributed by atoms with Crippen molar-refractivity contribution >= 4 is 5.91 Å². The standard InChI is InChI=1S/C17H22N4O3/c1-21-9-7-19-16(21)15(12-3-5-13(23-2)6-4-12)20-17(22)14-11-18-8-10-24-14/h3-7,9,14-15,18H,8,10-11H2,1-2H3,(H,20,22)/t14-,15+/m1/s1. The number of aryl methyl sites for hydroxylation is 1. The van der Waals surface area contributed by atoms with Gasteiger partial charge >= 0.3 is 0 Å². The maximum absolute atomic E-state index is 12.6. The van der Waals surface area contributed by atoms with Crippen LogP contribution in [-0.4, -0.2) is 48.4 Å². The molecule has 1 fully saturated rings. The zero-order valence-electron chi connectivity index (χ0n) is 13.9. The molecule has 0 spiro atoms. The van der Waals surface area contributed by atoms with Gasteiger partial charge < -0.3 is 24.7 Å². The number of carbonyl (C=O) groups is 1. The Balaban J connectivity index is 1.84. The summed E-state index contributed by atoms with van der Waals surface area (Å²) in [7, 11) is 3.53. The second kappa shape index (κ2) is 7.46. The molecule has 0 aliphatic carbocycles. The monoisotopic (exact) mass is 330 g/mol. The number of nitrogens with one attached hydrogen (secondary N) is 2. The van der Waals surface area contributed by atoms with Crippen molar-refractivity contribution in [3.63, 3.8) is 0 Å². The van der Waals surface area contributed by atoms with E-state index in [4.69, 9.17) is 9.47 Å². The molecule has 3 rings (SSSR count). The molecule has 1 saturated heterocycles. The average Bonchev–Trinajstić information content (AvgIpc) is 3.06. The van der Waals surface area contributed by atoms with Crippen molar-refractivity contribution in [3.05, 3.63) is 48.0 Å². The molecule has 24 heavy (non-hydrogen) atoms. The zero-order chi connectivity index (χ0) is 16.9. The van der Waals surface area contributed by atoms with Crippen LogP contribution in [0, 0.1) is 0 Å². The maximum Gasteiger partial charge on any atom is 0.251 e. The van der Waals surface area contributed by atoms with Gasteiger partial charge in [-0.3, -0.25) is 4.79 Å². The number of amides is 1. The lowest BCUT2D eigenvalue weighted by Gasteiger charge is -2.26. The molecular formula is C17H22N4O3. The molecule has 0 bridgehead atoms. The lowest BCUT2D eigenvalue weighted by atomic mass is 10.1. The van der Waals surface area contributed by atoms with Crippen molar-refractivity contribution in [1.82, 2.24) is 20.2 Å². The van der Waals surface area contributed by atoms with Gasteiger partial charge in [-0.05, 0) is 17.7 Å². The van der Waals surface area contributed by atoms with Crippen molar-refractivity contribution in [3.8, 4) is 5.75 Å². The van der Waals surface area contributed by atoms with Crippen LogP contribution in [0.3, 0.4) is 0 Å². The van der Waals surface area contributed by atoms with Crippen LogP contribution in [0.4, 0.5) is 0 Å². The van der Waals surface area contributed by atoms with Crippen molar-refractivity contribution < 1.29 is 14.3 Å². The first kappa shape index (κ1) is 16.5. The first-order chi connectivity index (χ1) is 11.7. The van der Waals surface area contributed by atoms with Crippen LogP contribution in [0.25, 0.3) is 0 Å². The summed E-state index contributed by atoms with van der Waals surface area (Å²) in [6.07, 6.45) is 3.09. The molecule has 1 aliphatic heterocycles. The molecule has 7 heteroatoms. The highest BCUT2D eigenvalue weighted by atomic mass is 16.5. The van der Waals surface area contributed by atoms with Crippen molar-refractivity contribution in [2.45, 2.75) is 12.1 Å². The lowest BCUT2D eigenvalue weighted by Crippen LogP contribution is -2.49. The van der Waals surface area contributed by atoms with Crippen molar-refractivity contribution in [2.75, 3.05) is 26.8 Å². The molecule has 2 N–H and O–H groups in total. The SMILES string of the molecule is COc1ccc([C@H](NC(=O)[C@H]2CNCCO2)c2nccn2C)cc1. The molecule has 2 heterocycles. The van der Waals surface area contributed by atoms with Crippen LogP contribution in [0.15, 0.2) is 36.7 Å². The van der Waals surface area contributed by atoms with Crippen LogP contribution in [0.1, 0.15) is 17.4 Å². The van der Waals surface area contributed by atoms with Crippen LogP contribution in [0.2, 0.25) is 0 Å². The van der Waals surface area contributed by atoms with Gasteiger partial charge in [0.05, 0.1) is 13.7 Å². The Kier molecular flexibility index (Phi) is 5.12. The van der Waals surface area contributed by atoms with E-state index in [1.165, 1.54) is 0 Å². The van der Waals surface area contributed by atoms with E-state index in [2.05, 4.69) is 15.6 Å². The number of ether oxygens (including phenoxy) is 2. The Morgan fingerprint density at radius 1 is 1.46 bits per heavy atom. The fourth-order valence-corrected chi connectivity index (χ4v) is 2.72. The minimum atomic E-state index is -0.486. The second-order valence-electron chi connectivity index (χ2n) is 5.67. The highest BCUT2D eigenvalue weighted by molar-refractivity contribution is 5.82. The first-order valence-electron chi connectivity index (χ1n) is 7.93. The summed E-state index contributed by atoms with van der Waals surface area (Å²) < 4.78 is 12.6. The maximum atomic E-state index is 12.6. The zero-order valence-corrected chi connectivity index (χ0v) is 13.9. The summed E-state index contributed by atoms with van der Waals surface area (Å²) in [6.45, 7) is 1.82. The highest BCUT2D eigenvalue weighted by Gasteiger charge is 2.27. The Hall–Kier alpha value is -2.38. The van der Waals surface area contributed by atoms with E-state index in [1.807, 2.05) is 42.1 Å². The molecule has 0 radical (unpaired) electrons. The van der Waals surface area contributed by atoms with Gasteiger partial charge in [-0.2, -0.15) is 0 Å². The third-order valence-corrected chi connectivity index (χ3v) is 4.07. The average molecular weight is 330 g/mol. The van der Waals surface area contributed by atoms with Gasteiger partial charge in [0.15, 0.2) is 0 Å². The number of nitrogens with zero attached hydrogens (tertiary/aromatic N) is 2. The lowest BCUT2D eigenvalue weighted by molar-refractivity contribution is -0.134. The van der Waals surface area contributed by atoms with E-state index >= 15 is 0 Å². The minimum absolute atomic E-state index is 0.147. The Morgan fingerprint density at radius 2 is 2.25 bits per heavy atom. The molecule has 1 aliphatic rings. The Labute approximate surface area is 141 Å². The summed E-state index contributed by atoms with van der Waals surface area (Å²) >= 11 is 0. The number of aromatic nitrogens is 2. The number of rotatable bonds is 5. The third-order valence-electron chi connectivity index (χ3n) is 4.07. The molecule has 7 nitrogen and oxygen atoms in total. The largest absolute Gasteiger partial charge is 0.497 e. The van der Waals surface area contributed by atoms with Gasteiger partial charge in [0, 0.05) is 32.5 Å². The number of benzene rings is 1. The molecule has 2 atom stereocenters. The number of carbonyl (C=O) groups excluding carboxylic acids is 1. The van der Waals surface area contributed by atoms with Gasteiger partial charge in [0.1, 0.15) is 23.7 Å². The quantitative estimate of drug-likeness (QED) is 0.840. The smallest absolute Gasteiger partial charge is 0.251 e. The number of hydrogen-bond acceptors (Lipinski definition) is 5. The van der Waals surface area contributed by atoms with Crippen LogP contribution in [-0.2, 0) is 16.6 Å². The van der Waals surface area contributed by atoms with Crippen LogP contribution >= 0.6 is 0 Å². The van der Waals surface area contributed by atoms with Crippen molar-refractivity contribution in [2.24, 2.45) is 7.05 Å². The van der Waals surface area contributed by atoms with E-state index in [9.17, 15) is 4.79 Å². The van der Waals surface area contributed by atoms with Gasteiger partial charge in [0.2, 0.25) is 0 Å². The van der Waals surface area contributed by atoms with Crippen LogP contribution < -0.4 is 15.4 Å². The first-order valence-corrected chi connectivity index (χ1v) is 7.93. The van der Waals surface area contributed by atoms with E-state index < -0.39 is 6.10 Å². The third kappa shape index (κ3) is 3.58. The topological polar surface area (TPSA) is 77.4 Å². The summed E-state index contributed by atoms with van der Waals surface area (Å²) in [5.41, 5.74) is 0.933. The van der Waals surface area contributed by atoms with Gasteiger partial charge in [-0.15, -0.1) is 0 Å². The van der Waals surface area contributed by atoms with E-state index in [1.54, 1.807) is 13.3 Å².